The molecule has 0 bridgehead atoms. The molecule has 7 heteroatoms. The zero-order chi connectivity index (χ0) is 11.6. The second-order valence-electron chi connectivity index (χ2n) is 2.86. The van der Waals surface area contributed by atoms with Crippen LogP contribution in [0.25, 0.3) is 0 Å². The summed E-state index contributed by atoms with van der Waals surface area (Å²) >= 11 is 1.96. The molecular formula is C8H8INO4S. The van der Waals surface area contributed by atoms with E-state index in [2.05, 4.69) is 0 Å². The molecule has 0 aromatic heterocycles. The second kappa shape index (κ2) is 4.35. The van der Waals surface area contributed by atoms with Crippen molar-refractivity contribution in [1.29, 1.82) is 0 Å². The van der Waals surface area contributed by atoms with Crippen molar-refractivity contribution < 1.29 is 18.3 Å². The van der Waals surface area contributed by atoms with Gasteiger partial charge < -0.3 is 5.11 Å². The predicted molar refractivity (Wildman–Crippen MR) is 63.1 cm³/mol. The molecule has 82 valence electrons. The molecular weight excluding hydrogens is 333 g/mol. The Labute approximate surface area is 101 Å². The summed E-state index contributed by atoms with van der Waals surface area (Å²) in [6, 6.07) is 4.33. The summed E-state index contributed by atoms with van der Waals surface area (Å²) in [6.07, 6.45) is 0.870. The number of hydrogen-bond donors (Lipinski definition) is 2. The SMILES string of the molecule is CS(=O)(=O)NC(=O)c1ccc(I)cc1O. The van der Waals surface area contributed by atoms with E-state index in [0.717, 1.165) is 9.83 Å². The fraction of sp³-hybridized carbons (Fsp3) is 0.125. The minimum absolute atomic E-state index is 0.0687. The number of sulfonamides is 1. The molecule has 0 saturated heterocycles. The van der Waals surface area contributed by atoms with E-state index in [9.17, 15) is 18.3 Å². The van der Waals surface area contributed by atoms with E-state index in [-0.39, 0.29) is 11.3 Å². The molecule has 0 aliphatic carbocycles. The number of benzene rings is 1. The van der Waals surface area contributed by atoms with E-state index in [1.54, 1.807) is 10.8 Å². The van der Waals surface area contributed by atoms with Gasteiger partial charge in [0, 0.05) is 3.57 Å². The van der Waals surface area contributed by atoms with E-state index in [0.29, 0.717) is 0 Å². The van der Waals surface area contributed by atoms with Gasteiger partial charge in [-0.05, 0) is 40.8 Å². The average Bonchev–Trinajstić information content (AvgIpc) is 1.99. The lowest BCUT2D eigenvalue weighted by atomic mass is 10.2. The largest absolute Gasteiger partial charge is 0.507 e. The Bertz CT molecular complexity index is 497. The van der Waals surface area contributed by atoms with Gasteiger partial charge in [-0.1, -0.05) is 0 Å². The van der Waals surface area contributed by atoms with Gasteiger partial charge in [-0.25, -0.2) is 13.1 Å². The molecule has 0 spiro atoms. The first kappa shape index (κ1) is 12.2. The van der Waals surface area contributed by atoms with Gasteiger partial charge in [0.1, 0.15) is 5.75 Å². The lowest BCUT2D eigenvalue weighted by molar-refractivity contribution is 0.0979. The molecule has 15 heavy (non-hydrogen) atoms. The van der Waals surface area contributed by atoms with Crippen LogP contribution in [0.2, 0.25) is 0 Å². The molecule has 1 aromatic carbocycles. The Morgan fingerprint density at radius 3 is 2.53 bits per heavy atom. The maximum atomic E-state index is 11.3. The zero-order valence-electron chi connectivity index (χ0n) is 7.69. The maximum absolute atomic E-state index is 11.3. The number of nitrogens with one attached hydrogen (secondary N) is 1. The molecule has 2 N–H and O–H groups in total. The third kappa shape index (κ3) is 3.67. The lowest BCUT2D eigenvalue weighted by Gasteiger charge is -2.04. The van der Waals surface area contributed by atoms with Crippen molar-refractivity contribution in [2.45, 2.75) is 0 Å². The van der Waals surface area contributed by atoms with Gasteiger partial charge in [-0.3, -0.25) is 4.79 Å². The quantitative estimate of drug-likeness (QED) is 0.776. The summed E-state index contributed by atoms with van der Waals surface area (Å²) in [5, 5.41) is 9.40. The number of hydrogen-bond acceptors (Lipinski definition) is 4. The first-order valence-corrected chi connectivity index (χ1v) is 6.77. The summed E-state index contributed by atoms with van der Waals surface area (Å²) < 4.78 is 24.1. The minimum Gasteiger partial charge on any atom is -0.507 e. The number of phenolic OH excluding ortho intramolecular Hbond substituents is 1. The fourth-order valence-electron chi connectivity index (χ4n) is 0.920. The van der Waals surface area contributed by atoms with Crippen molar-refractivity contribution in [3.05, 3.63) is 27.3 Å². The van der Waals surface area contributed by atoms with Crippen LogP contribution in [0.4, 0.5) is 0 Å². The molecule has 0 heterocycles. The molecule has 5 nitrogen and oxygen atoms in total. The third-order valence-corrected chi connectivity index (χ3v) is 2.71. The second-order valence-corrected chi connectivity index (χ2v) is 5.86. The Balaban J connectivity index is 3.02. The normalized spacial score (nSPS) is 11.1. The van der Waals surface area contributed by atoms with Gasteiger partial charge in [-0.2, -0.15) is 0 Å². The van der Waals surface area contributed by atoms with E-state index < -0.39 is 15.9 Å². The van der Waals surface area contributed by atoms with Crippen molar-refractivity contribution in [1.82, 2.24) is 4.72 Å². The number of carbonyl (C=O) groups is 1. The smallest absolute Gasteiger partial charge is 0.268 e. The predicted octanol–water partition coefficient (Wildman–Crippen LogP) is 0.686. The highest BCUT2D eigenvalue weighted by molar-refractivity contribution is 14.1. The zero-order valence-corrected chi connectivity index (χ0v) is 10.7. The van der Waals surface area contributed by atoms with Crippen LogP contribution in [0.5, 0.6) is 5.75 Å². The highest BCUT2D eigenvalue weighted by Crippen LogP contribution is 2.19. The topological polar surface area (TPSA) is 83.5 Å². The van der Waals surface area contributed by atoms with Crippen molar-refractivity contribution in [3.8, 4) is 5.75 Å². The van der Waals surface area contributed by atoms with Gasteiger partial charge >= 0.3 is 0 Å². The Morgan fingerprint density at radius 1 is 1.47 bits per heavy atom. The number of phenols is 1. The van der Waals surface area contributed by atoms with Crippen LogP contribution in [-0.4, -0.2) is 25.7 Å². The monoisotopic (exact) mass is 341 g/mol. The fourth-order valence-corrected chi connectivity index (χ4v) is 1.84. The molecule has 0 unspecified atom stereocenters. The summed E-state index contributed by atoms with van der Waals surface area (Å²) in [7, 11) is -3.61. The summed E-state index contributed by atoms with van der Waals surface area (Å²) in [5.74, 6) is -1.09. The molecule has 1 rings (SSSR count). The van der Waals surface area contributed by atoms with Gasteiger partial charge in [0.15, 0.2) is 0 Å². The highest BCUT2D eigenvalue weighted by atomic mass is 127. The average molecular weight is 341 g/mol. The third-order valence-electron chi connectivity index (χ3n) is 1.48. The van der Waals surface area contributed by atoms with Crippen LogP contribution in [0, 0.1) is 3.57 Å². The molecule has 0 aliphatic heterocycles. The molecule has 0 radical (unpaired) electrons. The molecule has 0 saturated carbocycles. The number of carbonyl (C=O) groups excluding carboxylic acids is 1. The summed E-state index contributed by atoms with van der Waals surface area (Å²) in [4.78, 5) is 11.3. The van der Waals surface area contributed by atoms with Gasteiger partial charge in [0.25, 0.3) is 5.91 Å². The number of halogens is 1. The number of amides is 1. The van der Waals surface area contributed by atoms with Crippen molar-refractivity contribution >= 4 is 38.5 Å². The van der Waals surface area contributed by atoms with Crippen molar-refractivity contribution in [3.63, 3.8) is 0 Å². The molecule has 0 atom stereocenters. The van der Waals surface area contributed by atoms with Crippen LogP contribution >= 0.6 is 22.6 Å². The first-order chi connectivity index (χ1) is 6.79. The van der Waals surface area contributed by atoms with Gasteiger partial charge in [-0.15, -0.1) is 0 Å². The molecule has 1 aromatic rings. The van der Waals surface area contributed by atoms with Crippen LogP contribution in [0.1, 0.15) is 10.4 Å². The van der Waals surface area contributed by atoms with Crippen LogP contribution in [0.15, 0.2) is 18.2 Å². The summed E-state index contributed by atoms with van der Waals surface area (Å²) in [6.45, 7) is 0. The first-order valence-electron chi connectivity index (χ1n) is 3.80. The van der Waals surface area contributed by atoms with Crippen LogP contribution in [0.3, 0.4) is 0 Å². The van der Waals surface area contributed by atoms with Crippen LogP contribution in [-0.2, 0) is 10.0 Å². The molecule has 0 fully saturated rings. The standard InChI is InChI=1S/C8H8INO4S/c1-15(13,14)10-8(12)6-3-2-5(9)4-7(6)11/h2-4,11H,1H3,(H,10,12). The van der Waals surface area contributed by atoms with E-state index in [4.69, 9.17) is 0 Å². The molecule has 0 aliphatic rings. The lowest BCUT2D eigenvalue weighted by Crippen LogP contribution is -2.29. The summed E-state index contributed by atoms with van der Waals surface area (Å²) in [5.41, 5.74) is -0.0687. The van der Waals surface area contributed by atoms with Gasteiger partial charge in [0.05, 0.1) is 11.8 Å². The number of aromatic hydroxyl groups is 1. The van der Waals surface area contributed by atoms with E-state index >= 15 is 0 Å². The van der Waals surface area contributed by atoms with Gasteiger partial charge in [0.2, 0.25) is 10.0 Å². The van der Waals surface area contributed by atoms with Crippen LogP contribution < -0.4 is 4.72 Å². The molecule has 1 amide bonds. The van der Waals surface area contributed by atoms with E-state index in [1.807, 2.05) is 22.6 Å². The number of rotatable bonds is 2. The van der Waals surface area contributed by atoms with E-state index in [1.165, 1.54) is 12.1 Å². The Hall–Kier alpha value is -0.830. The Kier molecular flexibility index (Phi) is 3.55. The Morgan fingerprint density at radius 2 is 2.07 bits per heavy atom. The highest BCUT2D eigenvalue weighted by Gasteiger charge is 2.14. The maximum Gasteiger partial charge on any atom is 0.268 e. The van der Waals surface area contributed by atoms with Crippen molar-refractivity contribution in [2.24, 2.45) is 0 Å². The minimum atomic E-state index is -3.61. The van der Waals surface area contributed by atoms with Crippen molar-refractivity contribution in [2.75, 3.05) is 6.26 Å².